The smallest absolute Gasteiger partial charge is 0.378 e. The van der Waals surface area contributed by atoms with Crippen molar-refractivity contribution < 1.29 is 20.6 Å². The topological polar surface area (TPSA) is 46.2 Å². The largest absolute Gasteiger partial charge is 0.536 e. The minimum Gasteiger partial charge on any atom is -0.378 e. The molecule has 0 aromatic rings. The maximum absolute atomic E-state index is 5.83. The molecule has 0 bridgehead atoms. The fourth-order valence-electron chi connectivity index (χ4n) is 0.768. The lowest BCUT2D eigenvalue weighted by molar-refractivity contribution is 0.347. The van der Waals surface area contributed by atoms with Crippen molar-refractivity contribution in [2.45, 2.75) is 0 Å². The van der Waals surface area contributed by atoms with Crippen molar-refractivity contribution in [1.82, 2.24) is 0 Å². The Morgan fingerprint density at radius 3 is 0.600 bits per heavy atom. The number of halogens is 14. The highest BCUT2D eigenvalue weighted by molar-refractivity contribution is 7.66. The molecule has 0 fully saturated rings. The fourth-order valence-corrected chi connectivity index (χ4v) is 38.7. The summed E-state index contributed by atoms with van der Waals surface area (Å²) in [7, 11) is -17.0. The van der Waals surface area contributed by atoms with E-state index in [2.05, 4.69) is 0 Å². The minimum absolute atomic E-state index is 3.76. The van der Waals surface area contributed by atoms with Gasteiger partial charge in [0, 0.05) is 0 Å². The fraction of sp³-hybridized carbons (Fsp3) is 0. The summed E-state index contributed by atoms with van der Waals surface area (Å²) in [5.74, 6) is 0. The molecule has 0 aromatic carbocycles. The second-order valence-electron chi connectivity index (χ2n) is 3.26. The highest BCUT2D eigenvalue weighted by Gasteiger charge is 2.59. The number of rotatable bonds is 10. The normalized spacial score (nSPS) is 15.6. The third-order valence-corrected chi connectivity index (χ3v) is 25.9. The third-order valence-electron chi connectivity index (χ3n) is 1.18. The zero-order valence-corrected chi connectivity index (χ0v) is 26.9. The van der Waals surface area contributed by atoms with Gasteiger partial charge in [-0.25, -0.2) is 0 Å². The van der Waals surface area contributed by atoms with Crippen molar-refractivity contribution in [2.75, 3.05) is 0 Å². The Labute approximate surface area is 214 Å². The van der Waals surface area contributed by atoms with Gasteiger partial charge >= 0.3 is 41.2 Å². The Kier molecular flexibility index (Phi) is 13.1. The molecule has 25 heavy (non-hydrogen) atoms. The van der Waals surface area contributed by atoms with E-state index in [-0.39, 0.29) is 0 Å². The van der Waals surface area contributed by atoms with Gasteiger partial charge in [-0.1, -0.05) is 155 Å². The average Bonchev–Trinajstić information content (AvgIpc) is 1.97. The summed E-state index contributed by atoms with van der Waals surface area (Å²) < 4.78 is 24.4. The number of hydrogen-bond donors (Lipinski definition) is 0. The van der Waals surface area contributed by atoms with Crippen LogP contribution in [0.25, 0.3) is 0 Å². The predicted octanol–water partition coefficient (Wildman–Crippen LogP) is 7.03. The Bertz CT molecular complexity index is 400. The lowest BCUT2D eigenvalue weighted by Crippen LogP contribution is -2.53. The standard InChI is InChI=1S/Cl14O5Si6/c1-20(2,3)15-22(7,8)17-24(11,12)19-25(13,14)18-23(9,10)16-21(4,5)6. The van der Waals surface area contributed by atoms with Crippen LogP contribution in [0.4, 0.5) is 0 Å². The molecule has 0 radical (unpaired) electrons. The Morgan fingerprint density at radius 2 is 0.440 bits per heavy atom. The molecule has 0 atom stereocenters. The molecule has 25 heteroatoms. The maximum atomic E-state index is 5.83. The van der Waals surface area contributed by atoms with Gasteiger partial charge in [0.25, 0.3) is 0 Å². The molecule has 0 heterocycles. The van der Waals surface area contributed by atoms with Crippen LogP contribution in [0.1, 0.15) is 0 Å². The zero-order chi connectivity index (χ0) is 20.5. The molecule has 0 aliphatic rings. The first kappa shape index (κ1) is 30.2. The molecule has 0 aliphatic carbocycles. The monoisotopic (exact) mass is 737 g/mol. The molecule has 0 rings (SSSR count). The lowest BCUT2D eigenvalue weighted by Gasteiger charge is -2.31. The van der Waals surface area contributed by atoms with Crippen LogP contribution in [-0.4, -0.2) is 41.2 Å². The van der Waals surface area contributed by atoms with Crippen LogP contribution in [0.2, 0.25) is 0 Å². The van der Waals surface area contributed by atoms with Gasteiger partial charge < -0.3 is 20.6 Å². The predicted molar refractivity (Wildman–Crippen MR) is 122 cm³/mol. The van der Waals surface area contributed by atoms with Crippen LogP contribution in [0.5, 0.6) is 0 Å². The van der Waals surface area contributed by atoms with Crippen LogP contribution < -0.4 is 0 Å². The van der Waals surface area contributed by atoms with Crippen molar-refractivity contribution in [1.29, 1.82) is 0 Å². The van der Waals surface area contributed by atoms with Crippen molar-refractivity contribution in [3.05, 3.63) is 0 Å². The van der Waals surface area contributed by atoms with Crippen LogP contribution in [0.15, 0.2) is 0 Å². The van der Waals surface area contributed by atoms with Crippen molar-refractivity contribution in [3.63, 3.8) is 0 Å². The van der Waals surface area contributed by atoms with Crippen LogP contribution in [0.3, 0.4) is 0 Å². The molecular formula is Cl14O5Si6. The highest BCUT2D eigenvalue weighted by Crippen LogP contribution is 2.40. The van der Waals surface area contributed by atoms with E-state index in [9.17, 15) is 0 Å². The molecule has 0 aliphatic heterocycles. The van der Waals surface area contributed by atoms with Crippen molar-refractivity contribution in [2.24, 2.45) is 0 Å². The van der Waals surface area contributed by atoms with Crippen LogP contribution in [-0.2, 0) is 20.6 Å². The van der Waals surface area contributed by atoms with E-state index in [0.717, 1.165) is 0 Å². The summed E-state index contributed by atoms with van der Waals surface area (Å²) >= 11 is 79.4. The van der Waals surface area contributed by atoms with E-state index in [1.165, 1.54) is 0 Å². The second-order valence-corrected chi connectivity index (χ2v) is 40.2. The Morgan fingerprint density at radius 1 is 0.280 bits per heavy atom. The second kappa shape index (κ2) is 10.9. The molecule has 0 spiro atoms. The van der Waals surface area contributed by atoms with Gasteiger partial charge in [-0.3, -0.25) is 0 Å². The zero-order valence-electron chi connectivity index (χ0n) is 10.3. The van der Waals surface area contributed by atoms with E-state index in [1.807, 2.05) is 0 Å². The molecule has 0 N–H and O–H groups in total. The first-order valence-electron chi connectivity index (χ1n) is 4.69. The lowest BCUT2D eigenvalue weighted by atomic mass is 15.7. The van der Waals surface area contributed by atoms with Gasteiger partial charge in [-0.15, -0.1) is 0 Å². The van der Waals surface area contributed by atoms with E-state index in [1.54, 1.807) is 0 Å². The molecular weight excluding hydrogens is 745 g/mol. The quantitative estimate of drug-likeness (QED) is 0.178. The molecule has 152 valence electrons. The Balaban J connectivity index is 5.01. The van der Waals surface area contributed by atoms with Gasteiger partial charge in [0.05, 0.1) is 0 Å². The third kappa shape index (κ3) is 17.4. The van der Waals surface area contributed by atoms with Gasteiger partial charge in [-0.05, 0) is 0 Å². The summed E-state index contributed by atoms with van der Waals surface area (Å²) in [6, 6.07) is 0. The van der Waals surface area contributed by atoms with E-state index in [0.29, 0.717) is 0 Å². The molecule has 5 nitrogen and oxygen atoms in total. The molecule has 0 aromatic heterocycles. The Hall–Kier alpha value is 5.16. The first-order chi connectivity index (χ1) is 10.5. The minimum atomic E-state index is -4.33. The van der Waals surface area contributed by atoms with Crippen molar-refractivity contribution >= 4 is 196 Å². The first-order valence-corrected chi connectivity index (χ1v) is 29.9. The molecule has 0 saturated carbocycles. The van der Waals surface area contributed by atoms with Gasteiger partial charge in [0.1, 0.15) is 0 Å². The average molecular weight is 745 g/mol. The summed E-state index contributed by atoms with van der Waals surface area (Å²) in [6.07, 6.45) is -7.52. The van der Waals surface area contributed by atoms with Crippen molar-refractivity contribution in [3.8, 4) is 0 Å². The summed E-state index contributed by atoms with van der Waals surface area (Å²) in [6.45, 7) is 0. The SMILES string of the molecule is Cl[Si](Cl)(Cl)O[Si](Cl)(Cl)O[Si](Cl)(Cl)O[Si](Cl)(Cl)O[Si](Cl)(Cl)O[Si](Cl)(Cl)Cl. The van der Waals surface area contributed by atoms with Gasteiger partial charge in [-0.2, -0.15) is 0 Å². The summed E-state index contributed by atoms with van der Waals surface area (Å²) in [4.78, 5) is 0. The van der Waals surface area contributed by atoms with Gasteiger partial charge in [0.2, 0.25) is 0 Å². The molecule has 0 unspecified atom stereocenters. The van der Waals surface area contributed by atoms with Crippen LogP contribution >= 0.6 is 155 Å². The van der Waals surface area contributed by atoms with E-state index >= 15 is 0 Å². The van der Waals surface area contributed by atoms with Crippen LogP contribution in [0, 0.1) is 0 Å². The highest BCUT2D eigenvalue weighted by atomic mass is 35.8. The van der Waals surface area contributed by atoms with E-state index < -0.39 is 41.2 Å². The molecule has 0 saturated heterocycles. The summed E-state index contributed by atoms with van der Waals surface area (Å²) in [5, 5.41) is 0. The van der Waals surface area contributed by atoms with Gasteiger partial charge in [0.15, 0.2) is 0 Å². The molecule has 0 amide bonds. The van der Waals surface area contributed by atoms with E-state index in [4.69, 9.17) is 176 Å². The maximum Gasteiger partial charge on any atom is 0.536 e. The number of hydrogen-bond acceptors (Lipinski definition) is 5. The summed E-state index contributed by atoms with van der Waals surface area (Å²) in [5.41, 5.74) is 0.